The van der Waals surface area contributed by atoms with Crippen LogP contribution < -0.4 is 24.8 Å². The van der Waals surface area contributed by atoms with Crippen molar-refractivity contribution in [2.75, 3.05) is 0 Å². The van der Waals surface area contributed by atoms with Crippen LogP contribution in [0, 0.1) is 12.0 Å². The van der Waals surface area contributed by atoms with Gasteiger partial charge in [-0.2, -0.15) is 11.1 Å². The number of hydrogen-bond donors (Lipinski definition) is 0. The zero-order chi connectivity index (χ0) is 9.02. The Morgan fingerprint density at radius 2 is 1.54 bits per heavy atom. The molecule has 0 aliphatic heterocycles. The van der Waals surface area contributed by atoms with Gasteiger partial charge in [-0.15, -0.1) is 6.92 Å². The monoisotopic (exact) mass is 311 g/mol. The molecule has 1 aliphatic carbocycles. The fourth-order valence-corrected chi connectivity index (χ4v) is 1.16. The molecule has 0 nitrogen and oxygen atoms in total. The molecule has 0 heterocycles. The van der Waals surface area contributed by atoms with E-state index in [0.717, 1.165) is 0 Å². The van der Waals surface area contributed by atoms with Crippen molar-refractivity contribution in [3.05, 3.63) is 22.8 Å². The van der Waals surface area contributed by atoms with Crippen molar-refractivity contribution in [1.29, 1.82) is 0 Å². The Hall–Kier alpha value is 1.16. The average Bonchev–Trinajstić information content (AvgIpc) is 2.22. The van der Waals surface area contributed by atoms with Crippen molar-refractivity contribution >= 4 is 6.88 Å². The van der Waals surface area contributed by atoms with Gasteiger partial charge in [0, 0.05) is 0 Å². The van der Waals surface area contributed by atoms with E-state index in [1.165, 1.54) is 16.7 Å². The summed E-state index contributed by atoms with van der Waals surface area (Å²) in [6.07, 6.45) is 3.36. The van der Waals surface area contributed by atoms with Gasteiger partial charge in [0.25, 0.3) is 0 Å². The van der Waals surface area contributed by atoms with Crippen molar-refractivity contribution < 1.29 is 48.1 Å². The molecular weight excluding hydrogens is 298 g/mol. The summed E-state index contributed by atoms with van der Waals surface area (Å²) in [7, 11) is 0. The zero-order valence-electron chi connectivity index (χ0n) is 8.54. The number of halogens is 2. The zero-order valence-corrected chi connectivity index (χ0v) is 13.9. The van der Waals surface area contributed by atoms with Crippen molar-refractivity contribution in [2.45, 2.75) is 27.7 Å². The fourth-order valence-electron chi connectivity index (χ4n) is 1.16. The van der Waals surface area contributed by atoms with Gasteiger partial charge in [-0.1, -0.05) is 26.7 Å². The van der Waals surface area contributed by atoms with E-state index in [0.29, 0.717) is 5.92 Å². The van der Waals surface area contributed by atoms with E-state index in [2.05, 4.69) is 33.8 Å². The third-order valence-corrected chi connectivity index (χ3v) is 2.24. The second-order valence-electron chi connectivity index (χ2n) is 2.80. The van der Waals surface area contributed by atoms with Gasteiger partial charge in [0.05, 0.1) is 0 Å². The maximum atomic E-state index is 3.36. The molecule has 0 saturated heterocycles. The Labute approximate surface area is 111 Å². The number of allylic oxidation sites excluding steroid dienone is 4. The molecule has 0 radical (unpaired) electrons. The predicted molar refractivity (Wildman–Crippen MR) is 48.5 cm³/mol. The summed E-state index contributed by atoms with van der Waals surface area (Å²) < 4.78 is 0. The van der Waals surface area contributed by atoms with E-state index >= 15 is 0 Å². The second-order valence-corrected chi connectivity index (χ2v) is 2.80. The Bertz CT molecular complexity index is 212. The van der Waals surface area contributed by atoms with Gasteiger partial charge in [-0.25, -0.2) is 5.57 Å². The molecule has 0 N–H and O–H groups in total. The van der Waals surface area contributed by atoms with Crippen molar-refractivity contribution in [3.8, 4) is 0 Å². The molecule has 0 aromatic carbocycles. The van der Waals surface area contributed by atoms with Gasteiger partial charge >= 0.3 is 30.2 Å². The van der Waals surface area contributed by atoms with Crippen LogP contribution in [-0.4, -0.2) is 6.88 Å². The molecule has 0 amide bonds. The van der Waals surface area contributed by atoms with E-state index in [1.54, 1.807) is 23.3 Å². The summed E-state index contributed by atoms with van der Waals surface area (Å²) >= 11 is 1.58. The minimum atomic E-state index is 0. The molecule has 74 valence electrons. The topological polar surface area (TPSA) is 0 Å². The molecule has 1 aliphatic rings. The summed E-state index contributed by atoms with van der Waals surface area (Å²) in [6, 6.07) is 0. The van der Waals surface area contributed by atoms with Gasteiger partial charge < -0.3 is 24.8 Å². The molecule has 0 aromatic heterocycles. The van der Waals surface area contributed by atoms with E-state index in [1.807, 2.05) is 6.88 Å². The second kappa shape index (κ2) is 9.71. The van der Waals surface area contributed by atoms with Gasteiger partial charge in [0.15, 0.2) is 0 Å². The van der Waals surface area contributed by atoms with E-state index < -0.39 is 0 Å². The third-order valence-electron chi connectivity index (χ3n) is 2.24. The summed E-state index contributed by atoms with van der Waals surface area (Å²) in [4.78, 5) is 0. The van der Waals surface area contributed by atoms with E-state index in [4.69, 9.17) is 0 Å². The number of hydrogen-bond acceptors (Lipinski definition) is 0. The minimum absolute atomic E-state index is 0. The van der Waals surface area contributed by atoms with Crippen LogP contribution in [0.15, 0.2) is 16.7 Å². The van der Waals surface area contributed by atoms with Gasteiger partial charge in [0.2, 0.25) is 0 Å². The first-order valence-corrected chi connectivity index (χ1v) is 9.68. The molecule has 1 unspecified atom stereocenters. The van der Waals surface area contributed by atoms with Crippen LogP contribution in [0.5, 0.6) is 0 Å². The average molecular weight is 313 g/mol. The summed E-state index contributed by atoms with van der Waals surface area (Å²) in [5.74, 6) is 0.560. The molecule has 0 spiro atoms. The Balaban J connectivity index is -0.000000234. The third kappa shape index (κ3) is 5.57. The molecular formula is C9H15Cl2SiZr-. The molecule has 0 saturated carbocycles. The summed E-state index contributed by atoms with van der Waals surface area (Å²) in [6.45, 7) is 10.6. The van der Waals surface area contributed by atoms with E-state index in [-0.39, 0.29) is 24.8 Å². The Kier molecular flexibility index (Phi) is 14.7. The Morgan fingerprint density at radius 3 is 1.62 bits per heavy atom. The van der Waals surface area contributed by atoms with Gasteiger partial charge in [-0.3, -0.25) is 6.08 Å². The van der Waals surface area contributed by atoms with Crippen LogP contribution in [0.3, 0.4) is 0 Å². The van der Waals surface area contributed by atoms with Crippen LogP contribution >= 0.6 is 0 Å². The summed E-state index contributed by atoms with van der Waals surface area (Å²) in [5.41, 5.74) is 4.25. The van der Waals surface area contributed by atoms with Crippen LogP contribution in [-0.2, 0) is 23.3 Å². The normalized spacial score (nSPS) is 19.2. The first-order chi connectivity index (χ1) is 5.13. The van der Waals surface area contributed by atoms with Crippen molar-refractivity contribution in [2.24, 2.45) is 5.92 Å². The molecule has 13 heavy (non-hydrogen) atoms. The summed E-state index contributed by atoms with van der Waals surface area (Å²) in [5, 5.41) is 0. The van der Waals surface area contributed by atoms with Crippen LogP contribution in [0.25, 0.3) is 0 Å². The fraction of sp³-hybridized carbons (Fsp3) is 0.556. The predicted octanol–water partition coefficient (Wildman–Crippen LogP) is -4.19. The molecule has 1 atom stereocenters. The van der Waals surface area contributed by atoms with E-state index in [9.17, 15) is 0 Å². The molecule has 4 heteroatoms. The molecule has 1 rings (SSSR count). The quantitative estimate of drug-likeness (QED) is 0.314. The first-order valence-electron chi connectivity index (χ1n) is 3.76. The van der Waals surface area contributed by atoms with Crippen molar-refractivity contribution in [1.82, 2.24) is 0 Å². The number of rotatable bonds is 0. The first kappa shape index (κ1) is 19.7. The SMILES string of the molecule is CC1=[C-]C(C)C(C)=C1C.[Cl-].[Cl-].[SiH2]=[Zr+2]. The maximum absolute atomic E-state index is 3.36. The Morgan fingerprint density at radius 1 is 1.15 bits per heavy atom. The van der Waals surface area contributed by atoms with Crippen LogP contribution in [0.1, 0.15) is 27.7 Å². The van der Waals surface area contributed by atoms with Crippen molar-refractivity contribution in [3.63, 3.8) is 0 Å². The van der Waals surface area contributed by atoms with Crippen LogP contribution in [0.4, 0.5) is 0 Å². The molecule has 0 fully saturated rings. The van der Waals surface area contributed by atoms with Crippen LogP contribution in [0.2, 0.25) is 0 Å². The standard InChI is InChI=1S/C9H13.2ClH.H2Si.Zr/c1-6-5-7(2)9(4)8(6)3;;;;/h6H,1-4H3;2*1H;1H2;/q-1;;;;+2/p-2. The molecule has 0 bridgehead atoms. The van der Waals surface area contributed by atoms with Gasteiger partial charge in [0.1, 0.15) is 0 Å². The molecule has 0 aromatic rings. The van der Waals surface area contributed by atoms with Gasteiger partial charge in [-0.05, 0) is 0 Å².